The van der Waals surface area contributed by atoms with Crippen molar-refractivity contribution in [2.45, 2.75) is 58.0 Å². The molecule has 1 saturated carbocycles. The third kappa shape index (κ3) is 4.46. The van der Waals surface area contributed by atoms with Crippen LogP contribution in [0.1, 0.15) is 54.9 Å². The Kier molecular flexibility index (Phi) is 5.62. The second-order valence-corrected chi connectivity index (χ2v) is 6.00. The van der Waals surface area contributed by atoms with E-state index >= 15 is 0 Å². The minimum Gasteiger partial charge on any atom is -0.507 e. The molecule has 0 heterocycles. The van der Waals surface area contributed by atoms with Crippen LogP contribution in [0.2, 0.25) is 0 Å². The Bertz CT molecular complexity index is 480. The van der Waals surface area contributed by atoms with Gasteiger partial charge in [-0.3, -0.25) is 4.79 Å². The van der Waals surface area contributed by atoms with Crippen molar-refractivity contribution in [3.63, 3.8) is 0 Å². The molecule has 4 heteroatoms. The summed E-state index contributed by atoms with van der Waals surface area (Å²) in [5.74, 6) is -0.108. The van der Waals surface area contributed by atoms with Gasteiger partial charge in [0, 0.05) is 12.1 Å². The Morgan fingerprint density at radius 1 is 1.24 bits per heavy atom. The molecular weight excluding hydrogens is 264 g/mol. The molecule has 2 rings (SSSR count). The van der Waals surface area contributed by atoms with Crippen molar-refractivity contribution >= 4 is 5.91 Å². The van der Waals surface area contributed by atoms with E-state index in [1.807, 2.05) is 13.0 Å². The normalized spacial score (nSPS) is 22.0. The van der Waals surface area contributed by atoms with E-state index in [9.17, 15) is 9.90 Å². The van der Waals surface area contributed by atoms with Gasteiger partial charge in [0.15, 0.2) is 0 Å². The van der Waals surface area contributed by atoms with Crippen molar-refractivity contribution in [2.75, 3.05) is 6.54 Å². The second kappa shape index (κ2) is 7.46. The Hall–Kier alpha value is -1.55. The Labute approximate surface area is 126 Å². The molecule has 0 aliphatic heterocycles. The van der Waals surface area contributed by atoms with Crippen molar-refractivity contribution in [3.8, 4) is 5.75 Å². The van der Waals surface area contributed by atoms with Gasteiger partial charge < -0.3 is 15.7 Å². The van der Waals surface area contributed by atoms with Crippen LogP contribution in [0.5, 0.6) is 5.75 Å². The van der Waals surface area contributed by atoms with Crippen molar-refractivity contribution in [3.05, 3.63) is 29.3 Å². The van der Waals surface area contributed by atoms with Crippen LogP contribution in [0.3, 0.4) is 0 Å². The smallest absolute Gasteiger partial charge is 0.255 e. The van der Waals surface area contributed by atoms with Gasteiger partial charge in [-0.2, -0.15) is 0 Å². The first-order chi connectivity index (χ1) is 10.1. The molecule has 1 aliphatic carbocycles. The summed E-state index contributed by atoms with van der Waals surface area (Å²) in [6.45, 7) is 5.14. The first-order valence-electron chi connectivity index (χ1n) is 7.94. The summed E-state index contributed by atoms with van der Waals surface area (Å²) >= 11 is 0. The minimum absolute atomic E-state index is 0.0609. The Morgan fingerprint density at radius 2 is 1.90 bits per heavy atom. The lowest BCUT2D eigenvalue weighted by Crippen LogP contribution is -2.42. The van der Waals surface area contributed by atoms with Gasteiger partial charge in [0.05, 0.1) is 5.56 Å². The molecular formula is C17H26N2O2. The monoisotopic (exact) mass is 290 g/mol. The van der Waals surface area contributed by atoms with Gasteiger partial charge in [-0.25, -0.2) is 0 Å². The molecule has 0 bridgehead atoms. The summed E-state index contributed by atoms with van der Waals surface area (Å²) in [6.07, 6.45) is 5.36. The van der Waals surface area contributed by atoms with Crippen LogP contribution in [0.15, 0.2) is 18.2 Å². The van der Waals surface area contributed by atoms with Crippen LogP contribution in [0.25, 0.3) is 0 Å². The molecule has 21 heavy (non-hydrogen) atoms. The fourth-order valence-electron chi connectivity index (χ4n) is 2.89. The topological polar surface area (TPSA) is 61.4 Å². The molecule has 0 radical (unpaired) electrons. The average Bonchev–Trinajstić information content (AvgIpc) is 2.46. The molecule has 1 aliphatic rings. The summed E-state index contributed by atoms with van der Waals surface area (Å²) < 4.78 is 0. The molecule has 1 amide bonds. The lowest BCUT2D eigenvalue weighted by molar-refractivity contribution is 0.0921. The highest BCUT2D eigenvalue weighted by Gasteiger charge is 2.23. The van der Waals surface area contributed by atoms with Gasteiger partial charge >= 0.3 is 0 Å². The van der Waals surface area contributed by atoms with Crippen LogP contribution in [-0.4, -0.2) is 29.6 Å². The first-order valence-corrected chi connectivity index (χ1v) is 7.94. The van der Waals surface area contributed by atoms with Gasteiger partial charge in [0.2, 0.25) is 0 Å². The second-order valence-electron chi connectivity index (χ2n) is 6.00. The summed E-state index contributed by atoms with van der Waals surface area (Å²) in [4.78, 5) is 12.2. The number of hydrogen-bond acceptors (Lipinski definition) is 3. The zero-order valence-electron chi connectivity index (χ0n) is 13.0. The summed E-state index contributed by atoms with van der Waals surface area (Å²) in [5.41, 5.74) is 1.32. The van der Waals surface area contributed by atoms with Crippen LogP contribution < -0.4 is 10.6 Å². The zero-order chi connectivity index (χ0) is 15.2. The van der Waals surface area contributed by atoms with Gasteiger partial charge in [-0.15, -0.1) is 0 Å². The number of phenols is 1. The van der Waals surface area contributed by atoms with Gasteiger partial charge in [-0.1, -0.05) is 13.0 Å². The molecule has 1 fully saturated rings. The van der Waals surface area contributed by atoms with E-state index < -0.39 is 0 Å². The Morgan fingerprint density at radius 3 is 2.52 bits per heavy atom. The lowest BCUT2D eigenvalue weighted by atomic mass is 9.91. The molecule has 1 aromatic rings. The number of phenolic OH excluding ortho intramolecular Hbond substituents is 1. The van der Waals surface area contributed by atoms with Crippen LogP contribution in [-0.2, 0) is 0 Å². The molecule has 0 atom stereocenters. The number of benzene rings is 1. The number of carbonyl (C=O) groups excluding carboxylic acids is 1. The van der Waals surface area contributed by atoms with E-state index in [4.69, 9.17) is 0 Å². The van der Waals surface area contributed by atoms with Gasteiger partial charge in [0.1, 0.15) is 5.75 Å². The zero-order valence-corrected chi connectivity index (χ0v) is 13.0. The predicted molar refractivity (Wildman–Crippen MR) is 84.6 cm³/mol. The van der Waals surface area contributed by atoms with E-state index in [2.05, 4.69) is 17.6 Å². The molecule has 0 aromatic heterocycles. The molecule has 3 N–H and O–H groups in total. The maximum atomic E-state index is 12.2. The fraction of sp³-hybridized carbons (Fsp3) is 0.588. The number of aryl methyl sites for hydroxylation is 1. The molecule has 1 aromatic carbocycles. The fourth-order valence-corrected chi connectivity index (χ4v) is 2.89. The van der Waals surface area contributed by atoms with E-state index in [-0.39, 0.29) is 17.7 Å². The van der Waals surface area contributed by atoms with Crippen LogP contribution in [0, 0.1) is 6.92 Å². The van der Waals surface area contributed by atoms with E-state index in [0.29, 0.717) is 11.6 Å². The first kappa shape index (κ1) is 15.8. The summed E-state index contributed by atoms with van der Waals surface area (Å²) in [6, 6.07) is 5.97. The van der Waals surface area contributed by atoms with Crippen molar-refractivity contribution in [1.82, 2.24) is 10.6 Å². The van der Waals surface area contributed by atoms with Crippen molar-refractivity contribution in [2.24, 2.45) is 0 Å². The lowest BCUT2D eigenvalue weighted by Gasteiger charge is -2.29. The van der Waals surface area contributed by atoms with Crippen LogP contribution in [0.4, 0.5) is 0 Å². The largest absolute Gasteiger partial charge is 0.507 e. The highest BCUT2D eigenvalue weighted by Crippen LogP contribution is 2.21. The minimum atomic E-state index is -0.169. The summed E-state index contributed by atoms with van der Waals surface area (Å²) in [5, 5.41) is 16.4. The number of hydrogen-bond donors (Lipinski definition) is 3. The van der Waals surface area contributed by atoms with E-state index in [0.717, 1.165) is 44.2 Å². The van der Waals surface area contributed by atoms with Crippen LogP contribution >= 0.6 is 0 Å². The third-order valence-corrected chi connectivity index (χ3v) is 4.14. The number of aromatic hydroxyl groups is 1. The third-order valence-electron chi connectivity index (χ3n) is 4.14. The van der Waals surface area contributed by atoms with Crippen molar-refractivity contribution in [1.29, 1.82) is 0 Å². The van der Waals surface area contributed by atoms with Gasteiger partial charge in [-0.05, 0) is 63.3 Å². The standard InChI is InChI=1S/C17H26N2O2/c1-3-10-18-13-5-7-14(8-6-13)19-17(21)15-9-4-12(2)11-16(15)20/h4,9,11,13-14,18,20H,3,5-8,10H2,1-2H3,(H,19,21). The highest BCUT2D eigenvalue weighted by atomic mass is 16.3. The number of amides is 1. The number of rotatable bonds is 5. The maximum Gasteiger partial charge on any atom is 0.255 e. The highest BCUT2D eigenvalue weighted by molar-refractivity contribution is 5.97. The Balaban J connectivity index is 1.84. The quantitative estimate of drug-likeness (QED) is 0.781. The molecule has 116 valence electrons. The SMILES string of the molecule is CCCNC1CCC(NC(=O)c2ccc(C)cc2O)CC1. The van der Waals surface area contributed by atoms with E-state index in [1.165, 1.54) is 0 Å². The maximum absolute atomic E-state index is 12.2. The summed E-state index contributed by atoms with van der Waals surface area (Å²) in [7, 11) is 0. The molecule has 0 unspecified atom stereocenters. The van der Waals surface area contributed by atoms with Crippen molar-refractivity contribution < 1.29 is 9.90 Å². The van der Waals surface area contributed by atoms with E-state index in [1.54, 1.807) is 12.1 Å². The predicted octanol–water partition coefficient (Wildman–Crippen LogP) is 2.74. The number of nitrogens with one attached hydrogen (secondary N) is 2. The molecule has 0 spiro atoms. The number of carbonyl (C=O) groups is 1. The molecule has 0 saturated heterocycles. The molecule has 4 nitrogen and oxygen atoms in total. The van der Waals surface area contributed by atoms with Gasteiger partial charge in [0.25, 0.3) is 5.91 Å². The average molecular weight is 290 g/mol.